The molecule has 0 amide bonds. The second kappa shape index (κ2) is 13.2. The van der Waals surface area contributed by atoms with Crippen molar-refractivity contribution in [3.8, 4) is 11.5 Å². The molecule has 5 aliphatic rings. The standard InChI is InChI=1S/C44H58F3N3O6/c1-24(2)34-27(51)20-43(21-32-49-50-36(56-32)25-10-13-30(48-23-25)44(45,46)47)19-18-41(8)26(35(34)43)11-12-29-40(7)16-15-31(55-33(52)22-38(3,4)37(53)54)39(5,6)28(40)14-17-42(29,41)9/h10,13,23-24,26,28-29,31H,11-12,14-22H2,1-9H3,(H,53,54)/t26-,28+,29-,31+,40+,41-,42-,43+/m1/s1. The molecule has 12 heteroatoms. The van der Waals surface area contributed by atoms with Crippen LogP contribution in [0.4, 0.5) is 13.2 Å². The van der Waals surface area contributed by atoms with Gasteiger partial charge in [0.05, 0.1) is 17.4 Å². The lowest BCUT2D eigenvalue weighted by Crippen LogP contribution is -2.65. The van der Waals surface area contributed by atoms with E-state index in [0.29, 0.717) is 36.1 Å². The molecule has 56 heavy (non-hydrogen) atoms. The van der Waals surface area contributed by atoms with Crippen molar-refractivity contribution in [1.29, 1.82) is 0 Å². The largest absolute Gasteiger partial charge is 0.481 e. The number of aromatic nitrogens is 3. The Morgan fingerprint density at radius 2 is 1.66 bits per heavy atom. The van der Waals surface area contributed by atoms with Crippen molar-refractivity contribution in [2.24, 2.45) is 56.2 Å². The molecule has 1 N–H and O–H groups in total. The third-order valence-corrected chi connectivity index (χ3v) is 16.2. The Bertz CT molecular complexity index is 1950. The summed E-state index contributed by atoms with van der Waals surface area (Å²) in [5.74, 6) is 0.201. The van der Waals surface area contributed by atoms with Gasteiger partial charge in [-0.15, -0.1) is 10.2 Å². The van der Waals surface area contributed by atoms with E-state index in [4.69, 9.17) is 9.15 Å². The van der Waals surface area contributed by atoms with Crippen LogP contribution in [-0.4, -0.2) is 44.1 Å². The van der Waals surface area contributed by atoms with Crippen molar-refractivity contribution in [2.45, 2.75) is 145 Å². The number of fused-ring (bicyclic) bond motifs is 7. The Labute approximate surface area is 328 Å². The first kappa shape index (κ1) is 40.6. The Morgan fingerprint density at radius 3 is 2.29 bits per heavy atom. The lowest BCUT2D eigenvalue weighted by molar-refractivity contribution is -0.233. The van der Waals surface area contributed by atoms with Gasteiger partial charge in [-0.2, -0.15) is 13.2 Å². The number of ether oxygens (including phenoxy) is 1. The number of carbonyl (C=O) groups is 3. The molecule has 4 fully saturated rings. The summed E-state index contributed by atoms with van der Waals surface area (Å²) < 4.78 is 51.7. The lowest BCUT2D eigenvalue weighted by atomic mass is 9.33. The topological polar surface area (TPSA) is 132 Å². The van der Waals surface area contributed by atoms with Crippen LogP contribution >= 0.6 is 0 Å². The number of rotatable bonds is 8. The molecule has 7 rings (SSSR count). The second-order valence-electron chi connectivity index (χ2n) is 20.3. The predicted octanol–water partition coefficient (Wildman–Crippen LogP) is 10.1. The second-order valence-corrected chi connectivity index (χ2v) is 20.3. The number of carboxylic acids is 1. The third-order valence-electron chi connectivity index (χ3n) is 16.2. The highest BCUT2D eigenvalue weighted by atomic mass is 19.4. The van der Waals surface area contributed by atoms with Gasteiger partial charge in [-0.1, -0.05) is 54.0 Å². The normalized spacial score (nSPS) is 35.4. The average molecular weight is 782 g/mol. The number of hydrogen-bond acceptors (Lipinski definition) is 8. The summed E-state index contributed by atoms with van der Waals surface area (Å²) in [6, 6.07) is 2.19. The van der Waals surface area contributed by atoms with E-state index in [-0.39, 0.29) is 57.7 Å². The summed E-state index contributed by atoms with van der Waals surface area (Å²) in [4.78, 5) is 42.5. The molecular weight excluding hydrogens is 723 g/mol. The van der Waals surface area contributed by atoms with Crippen LogP contribution in [0.15, 0.2) is 33.9 Å². The molecule has 9 nitrogen and oxygen atoms in total. The van der Waals surface area contributed by atoms with Crippen molar-refractivity contribution in [2.75, 3.05) is 0 Å². The molecule has 306 valence electrons. The number of alkyl halides is 3. The fourth-order valence-corrected chi connectivity index (χ4v) is 13.2. The highest BCUT2D eigenvalue weighted by Crippen LogP contribution is 2.77. The summed E-state index contributed by atoms with van der Waals surface area (Å²) in [6.45, 7) is 19.3. The maximum Gasteiger partial charge on any atom is 0.433 e. The van der Waals surface area contributed by atoms with E-state index in [0.717, 1.165) is 69.2 Å². The number of nitrogens with zero attached hydrogens (tertiary/aromatic N) is 3. The van der Waals surface area contributed by atoms with Crippen molar-refractivity contribution in [3.05, 3.63) is 41.1 Å². The number of allylic oxidation sites excluding steroid dienone is 2. The van der Waals surface area contributed by atoms with Crippen LogP contribution < -0.4 is 0 Å². The zero-order valence-corrected chi connectivity index (χ0v) is 34.4. The van der Waals surface area contributed by atoms with E-state index in [1.54, 1.807) is 13.8 Å². The fourth-order valence-electron chi connectivity index (χ4n) is 13.2. The fraction of sp³-hybridized carbons (Fsp3) is 0.727. The van der Waals surface area contributed by atoms with Crippen molar-refractivity contribution >= 4 is 17.7 Å². The predicted molar refractivity (Wildman–Crippen MR) is 202 cm³/mol. The number of carboxylic acid groups (broad SMARTS) is 1. The zero-order valence-electron chi connectivity index (χ0n) is 34.4. The molecule has 4 saturated carbocycles. The van der Waals surface area contributed by atoms with Gasteiger partial charge in [-0.25, -0.2) is 0 Å². The van der Waals surface area contributed by atoms with E-state index >= 15 is 0 Å². The molecule has 5 aliphatic carbocycles. The van der Waals surface area contributed by atoms with Crippen molar-refractivity contribution in [1.82, 2.24) is 15.2 Å². The van der Waals surface area contributed by atoms with E-state index < -0.39 is 34.6 Å². The molecule has 0 saturated heterocycles. The van der Waals surface area contributed by atoms with Gasteiger partial charge >= 0.3 is 18.1 Å². The van der Waals surface area contributed by atoms with Crippen LogP contribution in [0.1, 0.15) is 138 Å². The molecule has 0 aliphatic heterocycles. The smallest absolute Gasteiger partial charge is 0.433 e. The van der Waals surface area contributed by atoms with Gasteiger partial charge in [0, 0.05) is 29.9 Å². The van der Waals surface area contributed by atoms with Crippen LogP contribution in [0.2, 0.25) is 0 Å². The third kappa shape index (κ3) is 6.16. The Morgan fingerprint density at radius 1 is 0.946 bits per heavy atom. The minimum absolute atomic E-state index is 0.00755. The highest BCUT2D eigenvalue weighted by Gasteiger charge is 2.70. The molecule has 0 aromatic carbocycles. The quantitative estimate of drug-likeness (QED) is 0.260. The molecule has 0 unspecified atom stereocenters. The van der Waals surface area contributed by atoms with Crippen LogP contribution in [0.25, 0.3) is 11.5 Å². The summed E-state index contributed by atoms with van der Waals surface area (Å²) in [5.41, 5.74) is -0.490. The zero-order chi connectivity index (χ0) is 41.0. The van der Waals surface area contributed by atoms with Crippen LogP contribution in [-0.2, 0) is 31.7 Å². The number of esters is 1. The van der Waals surface area contributed by atoms with Gasteiger partial charge in [0.1, 0.15) is 11.8 Å². The van der Waals surface area contributed by atoms with E-state index in [1.165, 1.54) is 11.6 Å². The number of ketones is 1. The first-order chi connectivity index (χ1) is 25.9. The SMILES string of the molecule is CC(C)C1=C2[C@H]3CC[C@@H]4[C@@]5(C)CC[C@H](OC(=O)CC(C)(C)C(=O)O)C(C)(C)[C@@H]5CC[C@@]4(C)[C@]3(C)CC[C@@]2(Cc2nnc(-c3ccc(C(F)(F)F)nc3)o2)CC1=O. The van der Waals surface area contributed by atoms with Gasteiger partial charge in [-0.05, 0) is 123 Å². The number of aliphatic carboxylic acids is 1. The number of Topliss-reactive ketones (excluding diaryl/α,β-unsaturated/α-hetero) is 1. The molecule has 0 bridgehead atoms. The number of pyridine rings is 1. The first-order valence-corrected chi connectivity index (χ1v) is 20.5. The number of hydrogen-bond donors (Lipinski definition) is 1. The van der Waals surface area contributed by atoms with Crippen LogP contribution in [0, 0.1) is 56.2 Å². The number of halogens is 3. The first-order valence-electron chi connectivity index (χ1n) is 20.5. The van der Waals surface area contributed by atoms with Gasteiger partial charge < -0.3 is 14.3 Å². The van der Waals surface area contributed by atoms with Gasteiger partial charge in [0.25, 0.3) is 0 Å². The summed E-state index contributed by atoms with van der Waals surface area (Å²) in [6.07, 6.45) is 4.32. The van der Waals surface area contributed by atoms with Crippen molar-refractivity contribution < 1.29 is 41.8 Å². The Balaban J connectivity index is 1.16. The van der Waals surface area contributed by atoms with Crippen LogP contribution in [0.3, 0.4) is 0 Å². The van der Waals surface area contributed by atoms with Gasteiger partial charge in [0.2, 0.25) is 11.8 Å². The van der Waals surface area contributed by atoms with Crippen LogP contribution in [0.5, 0.6) is 0 Å². The maximum absolute atomic E-state index is 14.1. The molecule has 2 aromatic rings. The van der Waals surface area contributed by atoms with E-state index in [9.17, 15) is 32.7 Å². The lowest BCUT2D eigenvalue weighted by Gasteiger charge is -2.72. The average Bonchev–Trinajstić information content (AvgIpc) is 3.67. The van der Waals surface area contributed by atoms with E-state index in [1.807, 2.05) is 0 Å². The maximum atomic E-state index is 14.1. The molecule has 8 atom stereocenters. The minimum atomic E-state index is -4.55. The summed E-state index contributed by atoms with van der Waals surface area (Å²) >= 11 is 0. The minimum Gasteiger partial charge on any atom is -0.481 e. The summed E-state index contributed by atoms with van der Waals surface area (Å²) in [5, 5.41) is 18.2. The Hall–Kier alpha value is -3.57. The number of carbonyl (C=O) groups excluding carboxylic acids is 2. The molecule has 2 aromatic heterocycles. The monoisotopic (exact) mass is 781 g/mol. The Kier molecular flexibility index (Phi) is 9.60. The molecular formula is C44H58F3N3O6. The van der Waals surface area contributed by atoms with Gasteiger partial charge in [0.15, 0.2) is 5.78 Å². The van der Waals surface area contributed by atoms with Crippen molar-refractivity contribution in [3.63, 3.8) is 0 Å². The molecule has 0 spiro atoms. The molecule has 2 heterocycles. The van der Waals surface area contributed by atoms with E-state index in [2.05, 4.69) is 63.6 Å². The summed E-state index contributed by atoms with van der Waals surface area (Å²) in [7, 11) is 0. The highest BCUT2D eigenvalue weighted by molar-refractivity contribution is 6.00. The molecule has 0 radical (unpaired) electrons. The van der Waals surface area contributed by atoms with Gasteiger partial charge in [-0.3, -0.25) is 19.4 Å².